The van der Waals surface area contributed by atoms with Crippen molar-refractivity contribution < 1.29 is 9.47 Å². The molecular formula is C16H17NO2. The van der Waals surface area contributed by atoms with Crippen molar-refractivity contribution in [2.24, 2.45) is 0 Å². The maximum atomic E-state index is 5.76. The summed E-state index contributed by atoms with van der Waals surface area (Å²) in [7, 11) is 2.12. The smallest absolute Gasteiger partial charge is 0.167 e. The van der Waals surface area contributed by atoms with Crippen LogP contribution in [-0.4, -0.2) is 32.1 Å². The summed E-state index contributed by atoms with van der Waals surface area (Å²) in [6, 6.07) is 14.9. The predicted molar refractivity (Wildman–Crippen MR) is 75.4 cm³/mol. The third kappa shape index (κ3) is 1.90. The molecule has 2 aromatic carbocycles. The molecule has 2 aliphatic rings. The van der Waals surface area contributed by atoms with Crippen LogP contribution in [0.1, 0.15) is 6.42 Å². The fourth-order valence-corrected chi connectivity index (χ4v) is 2.79. The molecule has 0 spiro atoms. The van der Waals surface area contributed by atoms with Gasteiger partial charge in [-0.2, -0.15) is 0 Å². The number of ether oxygens (including phenoxy) is 2. The second-order valence-corrected chi connectivity index (χ2v) is 5.45. The number of hydrogen-bond donors (Lipinski definition) is 0. The van der Waals surface area contributed by atoms with Gasteiger partial charge in [0, 0.05) is 24.5 Å². The SMILES string of the molecule is CN(c1cccc2ccccc12)C1(CC2CO2)CO1. The Labute approximate surface area is 112 Å². The van der Waals surface area contributed by atoms with E-state index in [1.165, 1.54) is 16.5 Å². The van der Waals surface area contributed by atoms with Crippen molar-refractivity contribution in [3.8, 4) is 0 Å². The van der Waals surface area contributed by atoms with Gasteiger partial charge in [-0.25, -0.2) is 0 Å². The van der Waals surface area contributed by atoms with Crippen molar-refractivity contribution in [2.75, 3.05) is 25.2 Å². The summed E-state index contributed by atoms with van der Waals surface area (Å²) in [6.45, 7) is 1.68. The fourth-order valence-electron chi connectivity index (χ4n) is 2.79. The lowest BCUT2D eigenvalue weighted by Gasteiger charge is -2.28. The number of anilines is 1. The molecule has 0 aromatic heterocycles. The van der Waals surface area contributed by atoms with Gasteiger partial charge in [-0.3, -0.25) is 0 Å². The van der Waals surface area contributed by atoms with Crippen LogP contribution in [0.2, 0.25) is 0 Å². The molecule has 2 aliphatic heterocycles. The lowest BCUT2D eigenvalue weighted by Crippen LogP contribution is -2.36. The summed E-state index contributed by atoms with van der Waals surface area (Å²) in [6.07, 6.45) is 1.35. The van der Waals surface area contributed by atoms with E-state index in [2.05, 4.69) is 54.4 Å². The van der Waals surface area contributed by atoms with Crippen LogP contribution < -0.4 is 4.90 Å². The second kappa shape index (κ2) is 3.95. The van der Waals surface area contributed by atoms with E-state index in [0.29, 0.717) is 6.10 Å². The molecule has 3 heteroatoms. The van der Waals surface area contributed by atoms with Gasteiger partial charge >= 0.3 is 0 Å². The maximum absolute atomic E-state index is 5.76. The van der Waals surface area contributed by atoms with Crippen LogP contribution in [0.5, 0.6) is 0 Å². The molecule has 3 nitrogen and oxygen atoms in total. The third-order valence-electron chi connectivity index (χ3n) is 4.17. The van der Waals surface area contributed by atoms with Crippen LogP contribution in [0.3, 0.4) is 0 Å². The van der Waals surface area contributed by atoms with Crippen molar-refractivity contribution in [1.29, 1.82) is 0 Å². The highest BCUT2D eigenvalue weighted by Crippen LogP contribution is 2.42. The minimum absolute atomic E-state index is 0.148. The highest BCUT2D eigenvalue weighted by molar-refractivity contribution is 5.94. The molecule has 0 amide bonds. The van der Waals surface area contributed by atoms with E-state index in [4.69, 9.17) is 9.47 Å². The van der Waals surface area contributed by atoms with Gasteiger partial charge in [0.2, 0.25) is 0 Å². The van der Waals surface area contributed by atoms with E-state index < -0.39 is 0 Å². The minimum atomic E-state index is -0.148. The van der Waals surface area contributed by atoms with E-state index in [1.54, 1.807) is 0 Å². The van der Waals surface area contributed by atoms with E-state index >= 15 is 0 Å². The van der Waals surface area contributed by atoms with Gasteiger partial charge in [0.25, 0.3) is 0 Å². The van der Waals surface area contributed by atoms with Crippen LogP contribution in [0.15, 0.2) is 42.5 Å². The van der Waals surface area contributed by atoms with Gasteiger partial charge in [0.15, 0.2) is 5.72 Å². The van der Waals surface area contributed by atoms with Crippen LogP contribution in [0.4, 0.5) is 5.69 Å². The Morgan fingerprint density at radius 2 is 1.95 bits per heavy atom. The van der Waals surface area contributed by atoms with Crippen molar-refractivity contribution in [1.82, 2.24) is 0 Å². The Balaban J connectivity index is 1.73. The second-order valence-electron chi connectivity index (χ2n) is 5.45. The zero-order chi connectivity index (χ0) is 12.9. The summed E-state index contributed by atoms with van der Waals surface area (Å²) in [5, 5.41) is 2.55. The zero-order valence-corrected chi connectivity index (χ0v) is 11.0. The quantitative estimate of drug-likeness (QED) is 0.786. The topological polar surface area (TPSA) is 28.3 Å². The van der Waals surface area contributed by atoms with Gasteiger partial charge in [-0.05, 0) is 11.5 Å². The molecule has 0 bridgehead atoms. The van der Waals surface area contributed by atoms with Crippen LogP contribution in [-0.2, 0) is 9.47 Å². The fraction of sp³-hybridized carbons (Fsp3) is 0.375. The normalized spacial score (nSPS) is 28.4. The summed E-state index contributed by atoms with van der Waals surface area (Å²) in [5.74, 6) is 0. The molecule has 19 heavy (non-hydrogen) atoms. The highest BCUT2D eigenvalue weighted by atomic mass is 16.6. The average Bonchev–Trinajstić information content (AvgIpc) is 3.36. The van der Waals surface area contributed by atoms with Crippen molar-refractivity contribution >= 4 is 16.5 Å². The van der Waals surface area contributed by atoms with E-state index in [9.17, 15) is 0 Å². The zero-order valence-electron chi connectivity index (χ0n) is 11.0. The molecule has 2 unspecified atom stereocenters. The highest BCUT2D eigenvalue weighted by Gasteiger charge is 2.52. The molecule has 2 heterocycles. The molecule has 2 atom stereocenters. The number of benzene rings is 2. The minimum Gasteiger partial charge on any atom is -0.373 e. The monoisotopic (exact) mass is 255 g/mol. The molecular weight excluding hydrogens is 238 g/mol. The average molecular weight is 255 g/mol. The molecule has 0 N–H and O–H groups in total. The van der Waals surface area contributed by atoms with Crippen molar-refractivity contribution in [3.05, 3.63) is 42.5 Å². The first-order chi connectivity index (χ1) is 9.28. The third-order valence-corrected chi connectivity index (χ3v) is 4.17. The number of epoxide rings is 2. The number of nitrogens with zero attached hydrogens (tertiary/aromatic N) is 1. The first-order valence-corrected chi connectivity index (χ1v) is 6.76. The molecule has 0 aliphatic carbocycles. The van der Waals surface area contributed by atoms with Crippen LogP contribution in [0.25, 0.3) is 10.8 Å². The molecule has 4 rings (SSSR count). The summed E-state index contributed by atoms with van der Waals surface area (Å²) >= 11 is 0. The Morgan fingerprint density at radius 3 is 2.68 bits per heavy atom. The van der Waals surface area contributed by atoms with Gasteiger partial charge in [-0.15, -0.1) is 0 Å². The summed E-state index contributed by atoms with van der Waals surface area (Å²) in [4.78, 5) is 2.27. The van der Waals surface area contributed by atoms with Gasteiger partial charge in [0.05, 0.1) is 19.3 Å². The standard InChI is InChI=1S/C16H17NO2/c1-17(16(11-19-16)9-13-10-18-13)15-8-4-6-12-5-2-3-7-14(12)15/h2-8,13H,9-11H2,1H3. The number of likely N-dealkylation sites (N-methyl/N-ethyl adjacent to an activating group) is 1. The van der Waals surface area contributed by atoms with Crippen LogP contribution >= 0.6 is 0 Å². The molecule has 2 fully saturated rings. The van der Waals surface area contributed by atoms with Gasteiger partial charge < -0.3 is 14.4 Å². The lowest BCUT2D eigenvalue weighted by atomic mass is 10.1. The van der Waals surface area contributed by atoms with Gasteiger partial charge in [-0.1, -0.05) is 36.4 Å². The molecule has 0 radical (unpaired) electrons. The molecule has 0 saturated carbocycles. The lowest BCUT2D eigenvalue weighted by molar-refractivity contribution is 0.258. The molecule has 98 valence electrons. The Morgan fingerprint density at radius 1 is 1.21 bits per heavy atom. The Kier molecular flexibility index (Phi) is 2.34. The number of fused-ring (bicyclic) bond motifs is 1. The first-order valence-electron chi connectivity index (χ1n) is 6.76. The van der Waals surface area contributed by atoms with E-state index in [0.717, 1.165) is 19.6 Å². The molecule has 2 saturated heterocycles. The number of rotatable bonds is 4. The Hall–Kier alpha value is -1.58. The van der Waals surface area contributed by atoms with Crippen molar-refractivity contribution in [3.63, 3.8) is 0 Å². The number of hydrogen-bond acceptors (Lipinski definition) is 3. The Bertz CT molecular complexity index is 612. The van der Waals surface area contributed by atoms with Crippen LogP contribution in [0, 0.1) is 0 Å². The van der Waals surface area contributed by atoms with E-state index in [-0.39, 0.29) is 5.72 Å². The maximum Gasteiger partial charge on any atom is 0.167 e. The summed E-state index contributed by atoms with van der Waals surface area (Å²) < 4.78 is 11.1. The molecule has 2 aromatic rings. The summed E-state index contributed by atoms with van der Waals surface area (Å²) in [5.41, 5.74) is 1.09. The van der Waals surface area contributed by atoms with E-state index in [1.807, 2.05) is 0 Å². The largest absolute Gasteiger partial charge is 0.373 e. The first kappa shape index (κ1) is 11.3. The van der Waals surface area contributed by atoms with Crippen molar-refractivity contribution in [2.45, 2.75) is 18.2 Å². The predicted octanol–water partition coefficient (Wildman–Crippen LogP) is 2.79. The van der Waals surface area contributed by atoms with Gasteiger partial charge in [0.1, 0.15) is 0 Å².